The first-order chi connectivity index (χ1) is 14.7. The Morgan fingerprint density at radius 3 is 2.42 bits per heavy atom. The summed E-state index contributed by atoms with van der Waals surface area (Å²) in [7, 11) is -3.36. The fourth-order valence-corrected chi connectivity index (χ4v) is 5.47. The number of carbonyl (C=O) groups is 3. The summed E-state index contributed by atoms with van der Waals surface area (Å²) < 4.78 is 29.1. The van der Waals surface area contributed by atoms with E-state index in [4.69, 9.17) is 4.74 Å². The zero-order chi connectivity index (χ0) is 22.8. The first-order valence-corrected chi connectivity index (χ1v) is 12.4. The van der Waals surface area contributed by atoms with Crippen LogP contribution in [0.15, 0.2) is 29.2 Å². The molecule has 0 unspecified atom stereocenters. The van der Waals surface area contributed by atoms with Crippen molar-refractivity contribution in [2.24, 2.45) is 0 Å². The number of nitrogens with one attached hydrogen (secondary N) is 1. The summed E-state index contributed by atoms with van der Waals surface area (Å²) in [5, 5.41) is 3.13. The van der Waals surface area contributed by atoms with Gasteiger partial charge < -0.3 is 15.0 Å². The summed E-state index contributed by atoms with van der Waals surface area (Å²) in [6.45, 7) is 5.82. The lowest BCUT2D eigenvalue weighted by Gasteiger charge is -2.25. The molecule has 2 aromatic rings. The molecule has 0 atom stereocenters. The number of anilines is 1. The Kier molecular flexibility index (Phi) is 6.80. The Morgan fingerprint density at radius 2 is 1.84 bits per heavy atom. The number of carbonyl (C=O) groups excluding carboxylic acids is 3. The van der Waals surface area contributed by atoms with E-state index in [0.717, 1.165) is 10.4 Å². The molecule has 0 spiro atoms. The van der Waals surface area contributed by atoms with Gasteiger partial charge in [0.05, 0.1) is 29.4 Å². The van der Waals surface area contributed by atoms with Gasteiger partial charge in [-0.1, -0.05) is 6.92 Å². The molecule has 1 aliphatic rings. The van der Waals surface area contributed by atoms with Gasteiger partial charge in [-0.3, -0.25) is 9.59 Å². The summed E-state index contributed by atoms with van der Waals surface area (Å²) in [5.41, 5.74) is 1.38. The van der Waals surface area contributed by atoms with Crippen molar-refractivity contribution in [1.29, 1.82) is 0 Å². The first kappa shape index (κ1) is 23.0. The maximum Gasteiger partial charge on any atom is 0.341 e. The van der Waals surface area contributed by atoms with Gasteiger partial charge >= 0.3 is 5.97 Å². The molecule has 0 fully saturated rings. The number of sulfone groups is 1. The minimum Gasteiger partial charge on any atom is -0.462 e. The van der Waals surface area contributed by atoms with Gasteiger partial charge in [0, 0.05) is 23.9 Å². The quantitative estimate of drug-likeness (QED) is 0.659. The second kappa shape index (κ2) is 9.19. The number of benzene rings is 1. The molecular weight excluding hydrogens is 440 g/mol. The first-order valence-electron chi connectivity index (χ1n) is 9.89. The van der Waals surface area contributed by atoms with E-state index in [9.17, 15) is 22.8 Å². The van der Waals surface area contributed by atoms with Crippen LogP contribution in [0.4, 0.5) is 5.00 Å². The van der Waals surface area contributed by atoms with Gasteiger partial charge in [-0.15, -0.1) is 11.3 Å². The molecule has 31 heavy (non-hydrogen) atoms. The number of rotatable bonds is 6. The number of hydrogen-bond acceptors (Lipinski definition) is 7. The SMILES string of the molecule is CCOC(=O)c1c(NC(=O)c2ccc(S(=O)(=O)CC)cc2)sc2c1CCN(C(C)=O)C2. The maximum absolute atomic E-state index is 12.8. The molecule has 0 aliphatic carbocycles. The smallest absolute Gasteiger partial charge is 0.341 e. The lowest BCUT2D eigenvalue weighted by atomic mass is 10.0. The zero-order valence-electron chi connectivity index (χ0n) is 17.6. The molecule has 2 amide bonds. The van der Waals surface area contributed by atoms with Crippen LogP contribution in [0.1, 0.15) is 51.9 Å². The number of hydrogen-bond donors (Lipinski definition) is 1. The minimum atomic E-state index is -3.36. The van der Waals surface area contributed by atoms with Crippen LogP contribution in [-0.2, 0) is 32.3 Å². The molecule has 0 radical (unpaired) electrons. The van der Waals surface area contributed by atoms with Crippen molar-refractivity contribution in [3.8, 4) is 0 Å². The lowest BCUT2D eigenvalue weighted by Crippen LogP contribution is -2.34. The number of esters is 1. The lowest BCUT2D eigenvalue weighted by molar-refractivity contribution is -0.129. The summed E-state index contributed by atoms with van der Waals surface area (Å²) in [4.78, 5) is 39.8. The Hall–Kier alpha value is -2.72. The second-order valence-electron chi connectivity index (χ2n) is 7.00. The standard InChI is InChI=1S/C21H24N2O6S2/c1-4-29-21(26)18-16-10-11-23(13(3)24)12-17(16)30-20(18)22-19(25)14-6-8-15(9-7-14)31(27,28)5-2/h6-9H,4-5,10-12H2,1-3H3,(H,22,25). The van der Waals surface area contributed by atoms with E-state index in [1.54, 1.807) is 18.7 Å². The second-order valence-corrected chi connectivity index (χ2v) is 10.4. The molecule has 0 saturated carbocycles. The fourth-order valence-electron chi connectivity index (χ4n) is 3.34. The van der Waals surface area contributed by atoms with Gasteiger partial charge in [-0.2, -0.15) is 0 Å². The molecule has 1 aromatic carbocycles. The molecule has 8 nitrogen and oxygen atoms in total. The van der Waals surface area contributed by atoms with Crippen molar-refractivity contribution in [3.05, 3.63) is 45.8 Å². The third-order valence-electron chi connectivity index (χ3n) is 5.06. The molecule has 1 aromatic heterocycles. The Bertz CT molecular complexity index is 1120. The highest BCUT2D eigenvalue weighted by Crippen LogP contribution is 2.38. The Balaban J connectivity index is 1.90. The largest absolute Gasteiger partial charge is 0.462 e. The minimum absolute atomic E-state index is 0.0283. The summed E-state index contributed by atoms with van der Waals surface area (Å²) in [6, 6.07) is 5.66. The normalized spacial score (nSPS) is 13.5. The van der Waals surface area contributed by atoms with Crippen LogP contribution < -0.4 is 5.32 Å². The van der Waals surface area contributed by atoms with Crippen molar-refractivity contribution in [1.82, 2.24) is 4.90 Å². The van der Waals surface area contributed by atoms with Crippen molar-refractivity contribution in [2.75, 3.05) is 24.2 Å². The predicted molar refractivity (Wildman–Crippen MR) is 117 cm³/mol. The number of amides is 2. The van der Waals surface area contributed by atoms with Crippen LogP contribution in [0.5, 0.6) is 0 Å². The molecule has 166 valence electrons. The third kappa shape index (κ3) is 4.80. The van der Waals surface area contributed by atoms with Gasteiger partial charge in [0.1, 0.15) is 5.00 Å². The Labute approximate surface area is 185 Å². The van der Waals surface area contributed by atoms with E-state index in [1.165, 1.54) is 42.5 Å². The monoisotopic (exact) mass is 464 g/mol. The van der Waals surface area contributed by atoms with Gasteiger partial charge in [0.15, 0.2) is 9.84 Å². The van der Waals surface area contributed by atoms with E-state index in [0.29, 0.717) is 30.1 Å². The highest BCUT2D eigenvalue weighted by molar-refractivity contribution is 7.91. The number of nitrogens with zero attached hydrogens (tertiary/aromatic N) is 1. The molecular formula is C21H24N2O6S2. The van der Waals surface area contributed by atoms with Crippen LogP contribution in [0.3, 0.4) is 0 Å². The van der Waals surface area contributed by atoms with E-state index >= 15 is 0 Å². The van der Waals surface area contributed by atoms with Crippen molar-refractivity contribution in [2.45, 2.75) is 38.6 Å². The van der Waals surface area contributed by atoms with Gasteiger partial charge in [-0.05, 0) is 43.2 Å². The maximum atomic E-state index is 12.8. The van der Waals surface area contributed by atoms with E-state index in [1.807, 2.05) is 0 Å². The average molecular weight is 465 g/mol. The van der Waals surface area contributed by atoms with E-state index < -0.39 is 21.7 Å². The topological polar surface area (TPSA) is 110 Å². The van der Waals surface area contributed by atoms with Gasteiger partial charge in [-0.25, -0.2) is 13.2 Å². The number of thiophene rings is 1. The highest BCUT2D eigenvalue weighted by atomic mass is 32.2. The van der Waals surface area contributed by atoms with Gasteiger partial charge in [0.25, 0.3) is 5.91 Å². The summed E-state index contributed by atoms with van der Waals surface area (Å²) in [6.07, 6.45) is 0.499. The number of ether oxygens (including phenoxy) is 1. The highest BCUT2D eigenvalue weighted by Gasteiger charge is 2.30. The van der Waals surface area contributed by atoms with E-state index in [-0.39, 0.29) is 28.7 Å². The predicted octanol–water partition coefficient (Wildman–Crippen LogP) is 2.88. The van der Waals surface area contributed by atoms with Crippen LogP contribution in [0.25, 0.3) is 0 Å². The van der Waals surface area contributed by atoms with Crippen LogP contribution in [0, 0.1) is 0 Å². The molecule has 2 heterocycles. The summed E-state index contributed by atoms with van der Waals surface area (Å²) >= 11 is 1.25. The van der Waals surface area contributed by atoms with E-state index in [2.05, 4.69) is 5.32 Å². The molecule has 0 saturated heterocycles. The molecule has 3 rings (SSSR count). The molecule has 0 bridgehead atoms. The van der Waals surface area contributed by atoms with Crippen LogP contribution in [-0.4, -0.2) is 50.0 Å². The fraction of sp³-hybridized carbons (Fsp3) is 0.381. The zero-order valence-corrected chi connectivity index (χ0v) is 19.2. The van der Waals surface area contributed by atoms with Crippen molar-refractivity contribution < 1.29 is 27.5 Å². The average Bonchev–Trinajstić information content (AvgIpc) is 3.10. The van der Waals surface area contributed by atoms with Crippen molar-refractivity contribution >= 4 is 44.0 Å². The van der Waals surface area contributed by atoms with Gasteiger partial charge in [0.2, 0.25) is 5.91 Å². The van der Waals surface area contributed by atoms with Crippen molar-refractivity contribution in [3.63, 3.8) is 0 Å². The van der Waals surface area contributed by atoms with Crippen LogP contribution in [0.2, 0.25) is 0 Å². The molecule has 1 N–H and O–H groups in total. The third-order valence-corrected chi connectivity index (χ3v) is 7.95. The molecule has 10 heteroatoms. The van der Waals surface area contributed by atoms with Crippen LogP contribution >= 0.6 is 11.3 Å². The Morgan fingerprint density at radius 1 is 1.16 bits per heavy atom. The molecule has 1 aliphatic heterocycles. The number of fused-ring (bicyclic) bond motifs is 1. The summed E-state index contributed by atoms with van der Waals surface area (Å²) in [5.74, 6) is -1.06.